The Hall–Kier alpha value is -3.60. The lowest BCUT2D eigenvalue weighted by Crippen LogP contribution is -2.56. The topological polar surface area (TPSA) is 150 Å². The molecule has 0 aliphatic carbocycles. The van der Waals surface area contributed by atoms with Gasteiger partial charge in [-0.15, -0.1) is 0 Å². The Morgan fingerprint density at radius 2 is 1.81 bits per heavy atom. The van der Waals surface area contributed by atoms with Gasteiger partial charge in [0.1, 0.15) is 23.9 Å². The maximum atomic E-state index is 13.9. The molecule has 3 amide bonds. The molecule has 11 heteroatoms. The minimum atomic E-state index is -1.13. The van der Waals surface area contributed by atoms with Crippen LogP contribution in [0.4, 0.5) is 4.79 Å². The zero-order chi connectivity index (χ0) is 31.9. The van der Waals surface area contributed by atoms with E-state index in [1.54, 1.807) is 33.9 Å². The van der Waals surface area contributed by atoms with Crippen molar-refractivity contribution in [3.05, 3.63) is 36.0 Å². The molecule has 2 aromatic rings. The predicted molar refractivity (Wildman–Crippen MR) is 163 cm³/mol. The zero-order valence-electron chi connectivity index (χ0n) is 26.4. The SMILES string of the molecule is CC[C@H](C)[C@H](NC(=O)[C@H](Cc1c[nH]c2ccccc12)NC(=O)C(CC1OCCCN1C(=O)OC(C)(C)C)C(C)C)C(=O)O. The second-order valence-electron chi connectivity index (χ2n) is 12.8. The van der Waals surface area contributed by atoms with E-state index in [4.69, 9.17) is 9.47 Å². The Morgan fingerprint density at radius 1 is 1.12 bits per heavy atom. The molecule has 0 spiro atoms. The monoisotopic (exact) mass is 600 g/mol. The van der Waals surface area contributed by atoms with Gasteiger partial charge in [-0.05, 0) is 50.7 Å². The number of hydrogen-bond donors (Lipinski definition) is 4. The number of ether oxygens (including phenoxy) is 2. The van der Waals surface area contributed by atoms with Gasteiger partial charge in [0.2, 0.25) is 11.8 Å². The Labute approximate surface area is 254 Å². The van der Waals surface area contributed by atoms with E-state index in [2.05, 4.69) is 15.6 Å². The number of nitrogens with one attached hydrogen (secondary N) is 3. The number of carbonyl (C=O) groups excluding carboxylic acids is 3. The summed E-state index contributed by atoms with van der Waals surface area (Å²) in [5, 5.41) is 16.3. The lowest BCUT2D eigenvalue weighted by molar-refractivity contribution is -0.144. The largest absolute Gasteiger partial charge is 0.480 e. The highest BCUT2D eigenvalue weighted by Gasteiger charge is 2.37. The number of H-pyrrole nitrogens is 1. The molecule has 1 aromatic carbocycles. The van der Waals surface area contributed by atoms with Crippen LogP contribution < -0.4 is 10.6 Å². The summed E-state index contributed by atoms with van der Waals surface area (Å²) in [4.78, 5) is 57.2. The van der Waals surface area contributed by atoms with Crippen LogP contribution in [0.2, 0.25) is 0 Å². The van der Waals surface area contributed by atoms with Gasteiger partial charge in [0.15, 0.2) is 0 Å². The van der Waals surface area contributed by atoms with Crippen LogP contribution in [0.25, 0.3) is 10.9 Å². The molecule has 1 saturated heterocycles. The van der Waals surface area contributed by atoms with Crippen molar-refractivity contribution < 1.29 is 33.8 Å². The van der Waals surface area contributed by atoms with E-state index >= 15 is 0 Å². The molecule has 2 unspecified atom stereocenters. The second-order valence-corrected chi connectivity index (χ2v) is 12.8. The fourth-order valence-electron chi connectivity index (χ4n) is 5.26. The summed E-state index contributed by atoms with van der Waals surface area (Å²) in [6.07, 6.45) is 2.22. The van der Waals surface area contributed by atoms with E-state index in [9.17, 15) is 24.3 Å². The minimum Gasteiger partial charge on any atom is -0.480 e. The summed E-state index contributed by atoms with van der Waals surface area (Å²) < 4.78 is 11.5. The van der Waals surface area contributed by atoms with Crippen molar-refractivity contribution in [2.24, 2.45) is 17.8 Å². The summed E-state index contributed by atoms with van der Waals surface area (Å²) in [5.74, 6) is -3.12. The van der Waals surface area contributed by atoms with Crippen molar-refractivity contribution >= 4 is 34.8 Å². The normalized spacial score (nSPS) is 18.5. The molecule has 0 bridgehead atoms. The van der Waals surface area contributed by atoms with Crippen molar-refractivity contribution in [1.82, 2.24) is 20.5 Å². The first-order valence-electron chi connectivity index (χ1n) is 15.2. The van der Waals surface area contributed by atoms with Gasteiger partial charge in [0, 0.05) is 42.4 Å². The molecule has 43 heavy (non-hydrogen) atoms. The first kappa shape index (κ1) is 33.9. The summed E-state index contributed by atoms with van der Waals surface area (Å²) in [5.41, 5.74) is 1.03. The fourth-order valence-corrected chi connectivity index (χ4v) is 5.26. The van der Waals surface area contributed by atoms with Crippen molar-refractivity contribution in [2.75, 3.05) is 13.2 Å². The molecule has 0 saturated carbocycles. The molecular formula is C32H48N4O7. The van der Waals surface area contributed by atoms with Gasteiger partial charge in [0.25, 0.3) is 0 Å². The molecule has 1 aliphatic rings. The van der Waals surface area contributed by atoms with E-state index in [1.807, 2.05) is 45.0 Å². The van der Waals surface area contributed by atoms with Gasteiger partial charge in [-0.3, -0.25) is 14.5 Å². The summed E-state index contributed by atoms with van der Waals surface area (Å²) >= 11 is 0. The highest BCUT2D eigenvalue weighted by Crippen LogP contribution is 2.26. The van der Waals surface area contributed by atoms with Crippen LogP contribution in [-0.4, -0.2) is 75.9 Å². The van der Waals surface area contributed by atoms with Crippen molar-refractivity contribution in [3.63, 3.8) is 0 Å². The Kier molecular flexibility index (Phi) is 11.6. The highest BCUT2D eigenvalue weighted by molar-refractivity contribution is 5.92. The first-order chi connectivity index (χ1) is 20.2. The molecule has 4 N–H and O–H groups in total. The number of hydrogen-bond acceptors (Lipinski definition) is 6. The average molecular weight is 601 g/mol. The van der Waals surface area contributed by atoms with Crippen LogP contribution in [0.5, 0.6) is 0 Å². The third kappa shape index (κ3) is 9.19. The quantitative estimate of drug-likeness (QED) is 0.281. The van der Waals surface area contributed by atoms with Gasteiger partial charge in [-0.25, -0.2) is 9.59 Å². The van der Waals surface area contributed by atoms with Crippen molar-refractivity contribution in [1.29, 1.82) is 0 Å². The van der Waals surface area contributed by atoms with Gasteiger partial charge >= 0.3 is 12.1 Å². The number of carbonyl (C=O) groups is 4. The Bertz CT molecular complexity index is 1270. The number of carboxylic acids is 1. The maximum absolute atomic E-state index is 13.9. The number of aromatic amines is 1. The van der Waals surface area contributed by atoms with E-state index in [-0.39, 0.29) is 30.6 Å². The predicted octanol–water partition coefficient (Wildman–Crippen LogP) is 4.46. The first-order valence-corrected chi connectivity index (χ1v) is 15.2. The molecule has 3 rings (SSSR count). The van der Waals surface area contributed by atoms with Crippen LogP contribution in [0.15, 0.2) is 30.5 Å². The molecule has 2 heterocycles. The van der Waals surface area contributed by atoms with E-state index in [0.717, 1.165) is 16.5 Å². The number of para-hydroxylation sites is 1. The number of fused-ring (bicyclic) bond motifs is 1. The van der Waals surface area contributed by atoms with Crippen LogP contribution in [0, 0.1) is 17.8 Å². The molecule has 1 aromatic heterocycles. The summed E-state index contributed by atoms with van der Waals surface area (Å²) in [7, 11) is 0. The van der Waals surface area contributed by atoms with Crippen molar-refractivity contribution in [2.45, 2.75) is 98.1 Å². The Morgan fingerprint density at radius 3 is 2.44 bits per heavy atom. The summed E-state index contributed by atoms with van der Waals surface area (Å²) in [6.45, 7) is 13.7. The Balaban J connectivity index is 1.86. The zero-order valence-corrected chi connectivity index (χ0v) is 26.4. The lowest BCUT2D eigenvalue weighted by Gasteiger charge is -2.38. The van der Waals surface area contributed by atoms with Gasteiger partial charge in [-0.1, -0.05) is 52.3 Å². The second kappa shape index (κ2) is 14.7. The standard InChI is InChI=1S/C32H48N4O7/c1-8-20(4)27(30(39)40)35-29(38)25(16-21-18-33-24-13-10-9-12-22(21)24)34-28(37)23(19(2)3)17-26-36(14-11-15-42-26)31(41)43-32(5,6)7/h9-10,12-13,18-20,23,25-27,33H,8,11,14-17H2,1-7H3,(H,34,37)(H,35,38)(H,39,40)/t20-,23?,25-,26?,27-/m0/s1. The third-order valence-electron chi connectivity index (χ3n) is 7.94. The molecule has 1 aliphatic heterocycles. The number of rotatable bonds is 12. The van der Waals surface area contributed by atoms with Crippen LogP contribution in [-0.2, 0) is 30.3 Å². The van der Waals surface area contributed by atoms with Crippen LogP contribution >= 0.6 is 0 Å². The number of carboxylic acid groups (broad SMARTS) is 1. The maximum Gasteiger partial charge on any atom is 0.412 e. The molecular weight excluding hydrogens is 552 g/mol. The number of amides is 3. The molecule has 0 radical (unpaired) electrons. The number of benzene rings is 1. The van der Waals surface area contributed by atoms with Crippen LogP contribution in [0.1, 0.15) is 73.3 Å². The lowest BCUT2D eigenvalue weighted by atomic mass is 9.89. The van der Waals surface area contributed by atoms with Gasteiger partial charge in [-0.2, -0.15) is 0 Å². The highest BCUT2D eigenvalue weighted by atomic mass is 16.6. The number of nitrogens with zero attached hydrogens (tertiary/aromatic N) is 1. The third-order valence-corrected chi connectivity index (χ3v) is 7.94. The van der Waals surface area contributed by atoms with E-state index in [1.165, 1.54) is 4.90 Å². The van der Waals surface area contributed by atoms with Gasteiger partial charge < -0.3 is 30.2 Å². The number of aliphatic carboxylic acids is 1. The minimum absolute atomic E-state index is 0.144. The van der Waals surface area contributed by atoms with Crippen molar-refractivity contribution in [3.8, 4) is 0 Å². The number of aromatic nitrogens is 1. The van der Waals surface area contributed by atoms with Crippen LogP contribution in [0.3, 0.4) is 0 Å². The smallest absolute Gasteiger partial charge is 0.412 e. The van der Waals surface area contributed by atoms with Gasteiger partial charge in [0.05, 0.1) is 6.61 Å². The van der Waals surface area contributed by atoms with E-state index in [0.29, 0.717) is 26.0 Å². The van der Waals surface area contributed by atoms with E-state index < -0.39 is 47.8 Å². The molecule has 1 fully saturated rings. The average Bonchev–Trinajstić information content (AvgIpc) is 3.35. The molecule has 5 atom stereocenters. The summed E-state index contributed by atoms with van der Waals surface area (Å²) in [6, 6.07) is 5.52. The molecule has 11 nitrogen and oxygen atoms in total. The molecule has 238 valence electrons. The fraction of sp³-hybridized carbons (Fsp3) is 0.625.